The molecular weight excluding hydrogens is 236 g/mol. The van der Waals surface area contributed by atoms with Crippen molar-refractivity contribution in [3.63, 3.8) is 0 Å². The van der Waals surface area contributed by atoms with Gasteiger partial charge in [0.1, 0.15) is 0 Å². The number of fused-ring (bicyclic) bond motifs is 1. The number of nitrogens with one attached hydrogen (secondary N) is 2. The van der Waals surface area contributed by atoms with Gasteiger partial charge in [0.25, 0.3) is 0 Å². The molecule has 1 aliphatic heterocycles. The summed E-state index contributed by atoms with van der Waals surface area (Å²) >= 11 is 0. The maximum absolute atomic E-state index is 12.2. The number of carbonyl (C=O) groups is 1. The first-order valence-corrected chi connectivity index (χ1v) is 7.18. The summed E-state index contributed by atoms with van der Waals surface area (Å²) in [6.45, 7) is 8.31. The van der Waals surface area contributed by atoms with E-state index in [1.165, 1.54) is 5.56 Å². The van der Waals surface area contributed by atoms with Crippen LogP contribution in [0, 0.1) is 11.8 Å². The summed E-state index contributed by atoms with van der Waals surface area (Å²) in [5, 5.41) is 6.56. The fourth-order valence-electron chi connectivity index (χ4n) is 2.32. The van der Waals surface area contributed by atoms with Gasteiger partial charge in [0.15, 0.2) is 0 Å². The molecule has 0 saturated heterocycles. The quantitative estimate of drug-likeness (QED) is 0.870. The van der Waals surface area contributed by atoms with E-state index in [0.717, 1.165) is 24.2 Å². The van der Waals surface area contributed by atoms with Crippen LogP contribution in [0.2, 0.25) is 0 Å². The van der Waals surface area contributed by atoms with Crippen molar-refractivity contribution < 1.29 is 4.79 Å². The minimum absolute atomic E-state index is 0.0249. The second kappa shape index (κ2) is 5.64. The molecule has 0 saturated carbocycles. The first-order valence-electron chi connectivity index (χ1n) is 7.18. The van der Waals surface area contributed by atoms with Crippen molar-refractivity contribution in [3.8, 4) is 0 Å². The average molecular weight is 260 g/mol. The highest BCUT2D eigenvalue weighted by Crippen LogP contribution is 2.32. The zero-order chi connectivity index (χ0) is 14.0. The number of amides is 1. The lowest BCUT2D eigenvalue weighted by Gasteiger charge is -2.27. The normalized spacial score (nSPS) is 19.5. The van der Waals surface area contributed by atoms with E-state index in [2.05, 4.69) is 37.5 Å². The number of hydrogen-bond donors (Lipinski definition) is 2. The molecule has 19 heavy (non-hydrogen) atoms. The van der Waals surface area contributed by atoms with Crippen molar-refractivity contribution in [1.29, 1.82) is 0 Å². The molecule has 2 rings (SSSR count). The highest BCUT2D eigenvalue weighted by Gasteiger charge is 2.21. The molecule has 1 amide bonds. The van der Waals surface area contributed by atoms with Crippen LogP contribution in [-0.2, 0) is 11.2 Å². The molecule has 104 valence electrons. The third-order valence-electron chi connectivity index (χ3n) is 4.06. The molecule has 3 heteroatoms. The minimum atomic E-state index is 0.0249. The zero-order valence-electron chi connectivity index (χ0n) is 12.3. The van der Waals surface area contributed by atoms with Gasteiger partial charge in [-0.2, -0.15) is 0 Å². The van der Waals surface area contributed by atoms with E-state index in [-0.39, 0.29) is 11.8 Å². The van der Waals surface area contributed by atoms with E-state index in [1.54, 1.807) is 0 Å². The maximum Gasteiger partial charge on any atom is 0.227 e. The lowest BCUT2D eigenvalue weighted by atomic mass is 9.96. The summed E-state index contributed by atoms with van der Waals surface area (Å²) in [7, 11) is 0. The highest BCUT2D eigenvalue weighted by molar-refractivity contribution is 5.96. The molecule has 2 atom stereocenters. The summed E-state index contributed by atoms with van der Waals surface area (Å²) in [6, 6.07) is 6.60. The van der Waals surface area contributed by atoms with Crippen molar-refractivity contribution in [1.82, 2.24) is 0 Å². The first-order chi connectivity index (χ1) is 8.99. The van der Waals surface area contributed by atoms with Gasteiger partial charge in [-0.25, -0.2) is 0 Å². The second-order valence-electron chi connectivity index (χ2n) is 5.95. The standard InChI is InChI=1S/C16H24N2O/c1-10(2)12(4)16(19)18-14-7-5-6-13-9-8-11(3)17-15(13)14/h5-7,10-12,17H,8-9H2,1-4H3,(H,18,19). The topological polar surface area (TPSA) is 41.1 Å². The molecule has 1 aromatic rings. The van der Waals surface area contributed by atoms with Crippen molar-refractivity contribution in [2.75, 3.05) is 10.6 Å². The molecule has 1 heterocycles. The molecular formula is C16H24N2O. The zero-order valence-corrected chi connectivity index (χ0v) is 12.3. The molecule has 1 aliphatic rings. The van der Waals surface area contributed by atoms with Crippen LogP contribution in [0.3, 0.4) is 0 Å². The van der Waals surface area contributed by atoms with Gasteiger partial charge in [-0.05, 0) is 37.3 Å². The van der Waals surface area contributed by atoms with E-state index < -0.39 is 0 Å². The van der Waals surface area contributed by atoms with Crippen LogP contribution < -0.4 is 10.6 Å². The van der Waals surface area contributed by atoms with E-state index in [0.29, 0.717) is 12.0 Å². The number of benzene rings is 1. The molecule has 0 fully saturated rings. The summed E-state index contributed by atoms with van der Waals surface area (Å²) < 4.78 is 0. The summed E-state index contributed by atoms with van der Waals surface area (Å²) in [4.78, 5) is 12.2. The van der Waals surface area contributed by atoms with Crippen LogP contribution in [0.5, 0.6) is 0 Å². The maximum atomic E-state index is 12.2. The molecule has 1 aromatic carbocycles. The third kappa shape index (κ3) is 3.09. The Morgan fingerprint density at radius 2 is 2.11 bits per heavy atom. The average Bonchev–Trinajstić information content (AvgIpc) is 2.38. The van der Waals surface area contributed by atoms with Gasteiger partial charge in [0, 0.05) is 12.0 Å². The van der Waals surface area contributed by atoms with Crippen LogP contribution in [0.15, 0.2) is 18.2 Å². The van der Waals surface area contributed by atoms with Crippen LogP contribution in [0.1, 0.15) is 39.7 Å². The fraction of sp³-hybridized carbons (Fsp3) is 0.562. The van der Waals surface area contributed by atoms with Gasteiger partial charge in [-0.3, -0.25) is 4.79 Å². The highest BCUT2D eigenvalue weighted by atomic mass is 16.1. The largest absolute Gasteiger partial charge is 0.381 e. The summed E-state index contributed by atoms with van der Waals surface area (Å²) in [5.74, 6) is 0.478. The lowest BCUT2D eigenvalue weighted by molar-refractivity contribution is -0.120. The molecule has 0 bridgehead atoms. The first kappa shape index (κ1) is 13.9. The molecule has 2 N–H and O–H groups in total. The Labute approximate surface area is 115 Å². The van der Waals surface area contributed by atoms with Crippen LogP contribution in [0.25, 0.3) is 0 Å². The molecule has 0 aromatic heterocycles. The van der Waals surface area contributed by atoms with Crippen molar-refractivity contribution in [2.45, 2.75) is 46.6 Å². The summed E-state index contributed by atoms with van der Waals surface area (Å²) in [6.07, 6.45) is 2.22. The fourth-order valence-corrected chi connectivity index (χ4v) is 2.32. The minimum Gasteiger partial charge on any atom is -0.381 e. The van der Waals surface area contributed by atoms with Crippen LogP contribution in [0.4, 0.5) is 11.4 Å². The Bertz CT molecular complexity index is 468. The van der Waals surface area contributed by atoms with Gasteiger partial charge >= 0.3 is 0 Å². The van der Waals surface area contributed by atoms with Gasteiger partial charge in [0.2, 0.25) is 5.91 Å². The number of para-hydroxylation sites is 1. The van der Waals surface area contributed by atoms with Gasteiger partial charge in [-0.1, -0.05) is 32.9 Å². The van der Waals surface area contributed by atoms with Gasteiger partial charge < -0.3 is 10.6 Å². The van der Waals surface area contributed by atoms with E-state index in [4.69, 9.17) is 0 Å². The van der Waals surface area contributed by atoms with E-state index in [1.807, 2.05) is 19.1 Å². The Hall–Kier alpha value is -1.51. The smallest absolute Gasteiger partial charge is 0.227 e. The second-order valence-corrected chi connectivity index (χ2v) is 5.95. The number of carbonyl (C=O) groups excluding carboxylic acids is 1. The van der Waals surface area contributed by atoms with Crippen LogP contribution in [-0.4, -0.2) is 11.9 Å². The van der Waals surface area contributed by atoms with Crippen molar-refractivity contribution in [2.24, 2.45) is 11.8 Å². The Balaban J connectivity index is 2.19. The van der Waals surface area contributed by atoms with Crippen molar-refractivity contribution >= 4 is 17.3 Å². The predicted molar refractivity (Wildman–Crippen MR) is 80.5 cm³/mol. The molecule has 0 aliphatic carbocycles. The summed E-state index contributed by atoms with van der Waals surface area (Å²) in [5.41, 5.74) is 3.32. The van der Waals surface area contributed by atoms with Gasteiger partial charge in [0.05, 0.1) is 11.4 Å². The predicted octanol–water partition coefficient (Wildman–Crippen LogP) is 3.66. The molecule has 3 nitrogen and oxygen atoms in total. The Kier molecular flexibility index (Phi) is 4.13. The third-order valence-corrected chi connectivity index (χ3v) is 4.06. The SMILES string of the molecule is CC1CCc2cccc(NC(=O)C(C)C(C)C)c2N1. The van der Waals surface area contributed by atoms with Crippen molar-refractivity contribution in [3.05, 3.63) is 23.8 Å². The molecule has 0 radical (unpaired) electrons. The Morgan fingerprint density at radius 3 is 2.79 bits per heavy atom. The number of anilines is 2. The van der Waals surface area contributed by atoms with Crippen LogP contribution >= 0.6 is 0 Å². The monoisotopic (exact) mass is 260 g/mol. The van der Waals surface area contributed by atoms with E-state index >= 15 is 0 Å². The number of aryl methyl sites for hydroxylation is 1. The lowest BCUT2D eigenvalue weighted by Crippen LogP contribution is -2.27. The number of rotatable bonds is 3. The molecule has 0 spiro atoms. The van der Waals surface area contributed by atoms with Gasteiger partial charge in [-0.15, -0.1) is 0 Å². The Morgan fingerprint density at radius 1 is 1.37 bits per heavy atom. The molecule has 2 unspecified atom stereocenters. The van der Waals surface area contributed by atoms with E-state index in [9.17, 15) is 4.79 Å². The number of hydrogen-bond acceptors (Lipinski definition) is 2.